The number of ether oxygens (including phenoxy) is 1. The first kappa shape index (κ1) is 19.7. The molecule has 0 unspecified atom stereocenters. The molecule has 0 radical (unpaired) electrons. The van der Waals surface area contributed by atoms with Crippen molar-refractivity contribution >= 4 is 34.0 Å². The van der Waals surface area contributed by atoms with E-state index in [1.165, 1.54) is 6.21 Å². The van der Waals surface area contributed by atoms with E-state index in [0.29, 0.717) is 17.9 Å². The monoisotopic (exact) mass is 417 g/mol. The molecule has 2 rings (SSSR count). The van der Waals surface area contributed by atoms with Crippen LogP contribution in [0.5, 0.6) is 5.75 Å². The van der Waals surface area contributed by atoms with Crippen LogP contribution in [0.3, 0.4) is 0 Å². The Bertz CT molecular complexity index is 821. The number of rotatable bonds is 7. The summed E-state index contributed by atoms with van der Waals surface area (Å²) in [4.78, 5) is 23.8. The lowest BCUT2D eigenvalue weighted by molar-refractivity contribution is -0.120. The summed E-state index contributed by atoms with van der Waals surface area (Å²) in [7, 11) is 0. The van der Waals surface area contributed by atoms with Gasteiger partial charge in [-0.1, -0.05) is 33.6 Å². The van der Waals surface area contributed by atoms with Gasteiger partial charge in [-0.15, -0.1) is 0 Å². The number of hydrogen-bond acceptors (Lipinski definition) is 4. The fraction of sp³-hybridized carbons (Fsp3) is 0.211. The molecule has 0 spiro atoms. The summed E-state index contributed by atoms with van der Waals surface area (Å²) in [6, 6.07) is 12.6. The summed E-state index contributed by atoms with van der Waals surface area (Å²) in [6.07, 6.45) is 1.51. The van der Waals surface area contributed by atoms with Crippen molar-refractivity contribution in [1.82, 2.24) is 10.7 Å². The molecule has 7 heteroatoms. The van der Waals surface area contributed by atoms with E-state index in [2.05, 4.69) is 31.8 Å². The van der Waals surface area contributed by atoms with Crippen molar-refractivity contribution in [3.8, 4) is 5.75 Å². The summed E-state index contributed by atoms with van der Waals surface area (Å²) >= 11 is 3.41. The van der Waals surface area contributed by atoms with E-state index < -0.39 is 5.91 Å². The maximum absolute atomic E-state index is 12.0. The molecule has 2 amide bonds. The van der Waals surface area contributed by atoms with Gasteiger partial charge in [0.05, 0.1) is 19.4 Å². The summed E-state index contributed by atoms with van der Waals surface area (Å²) < 4.78 is 6.25. The van der Waals surface area contributed by atoms with Crippen molar-refractivity contribution in [2.24, 2.45) is 5.10 Å². The number of amides is 2. The average molecular weight is 418 g/mol. The van der Waals surface area contributed by atoms with Crippen LogP contribution in [0.1, 0.15) is 28.4 Å². The molecule has 6 nitrogen and oxygen atoms in total. The zero-order chi connectivity index (χ0) is 18.9. The Hall–Kier alpha value is -2.67. The lowest BCUT2D eigenvalue weighted by atomic mass is 10.1. The first-order valence-electron chi connectivity index (χ1n) is 8.08. The number of carbonyl (C=O) groups excluding carboxylic acids is 2. The lowest BCUT2D eigenvalue weighted by Crippen LogP contribution is -2.34. The number of carbonyl (C=O) groups is 2. The topological polar surface area (TPSA) is 79.8 Å². The number of nitrogens with one attached hydrogen (secondary N) is 2. The standard InChI is InChI=1S/C19H20BrN3O3/c1-3-26-16-7-8-17(20)15(10-16)11-22-23-18(24)12-21-19(25)14-6-4-5-13(2)9-14/h4-11H,3,12H2,1-2H3,(H,21,25)(H,23,24)/b22-11+. The van der Waals surface area contributed by atoms with Gasteiger partial charge in [0.25, 0.3) is 11.8 Å². The summed E-state index contributed by atoms with van der Waals surface area (Å²) in [6.45, 7) is 4.21. The quantitative estimate of drug-likeness (QED) is 0.536. The predicted octanol–water partition coefficient (Wildman–Crippen LogP) is 3.04. The fourth-order valence-corrected chi connectivity index (χ4v) is 2.49. The third kappa shape index (κ3) is 6.00. The van der Waals surface area contributed by atoms with E-state index in [-0.39, 0.29) is 12.5 Å². The van der Waals surface area contributed by atoms with Crippen LogP contribution in [-0.4, -0.2) is 31.2 Å². The van der Waals surface area contributed by atoms with E-state index in [1.807, 2.05) is 38.1 Å². The SMILES string of the molecule is CCOc1ccc(Br)c(/C=N/NC(=O)CNC(=O)c2cccc(C)c2)c1. The van der Waals surface area contributed by atoms with Crippen molar-refractivity contribution in [3.05, 3.63) is 63.6 Å². The maximum Gasteiger partial charge on any atom is 0.259 e. The van der Waals surface area contributed by atoms with E-state index in [4.69, 9.17) is 4.74 Å². The van der Waals surface area contributed by atoms with Gasteiger partial charge < -0.3 is 10.1 Å². The Morgan fingerprint density at radius 2 is 2.04 bits per heavy atom. The highest BCUT2D eigenvalue weighted by molar-refractivity contribution is 9.10. The summed E-state index contributed by atoms with van der Waals surface area (Å²) in [5.41, 5.74) is 4.64. The van der Waals surface area contributed by atoms with Crippen molar-refractivity contribution < 1.29 is 14.3 Å². The largest absolute Gasteiger partial charge is 0.494 e. The number of halogens is 1. The maximum atomic E-state index is 12.0. The van der Waals surface area contributed by atoms with Gasteiger partial charge in [-0.3, -0.25) is 9.59 Å². The van der Waals surface area contributed by atoms with Gasteiger partial charge in [0.15, 0.2) is 0 Å². The van der Waals surface area contributed by atoms with Crippen molar-refractivity contribution in [2.45, 2.75) is 13.8 Å². The fourth-order valence-electron chi connectivity index (χ4n) is 2.14. The average Bonchev–Trinajstić information content (AvgIpc) is 2.62. The highest BCUT2D eigenvalue weighted by Gasteiger charge is 2.07. The normalized spacial score (nSPS) is 10.6. The smallest absolute Gasteiger partial charge is 0.259 e. The molecule has 0 bridgehead atoms. The third-order valence-electron chi connectivity index (χ3n) is 3.36. The second kappa shape index (κ2) is 9.72. The number of hydrazone groups is 1. The van der Waals surface area contributed by atoms with Crippen LogP contribution in [0.15, 0.2) is 52.0 Å². The molecule has 2 N–H and O–H groups in total. The van der Waals surface area contributed by atoms with Crippen molar-refractivity contribution in [1.29, 1.82) is 0 Å². The van der Waals surface area contributed by atoms with Crippen LogP contribution in [0.2, 0.25) is 0 Å². The minimum Gasteiger partial charge on any atom is -0.494 e. The van der Waals surface area contributed by atoms with Gasteiger partial charge in [-0.05, 0) is 44.2 Å². The molecule has 136 valence electrons. The van der Waals surface area contributed by atoms with Crippen molar-refractivity contribution in [2.75, 3.05) is 13.2 Å². The van der Waals surface area contributed by atoms with Crippen LogP contribution in [0, 0.1) is 6.92 Å². The van der Waals surface area contributed by atoms with Crippen LogP contribution < -0.4 is 15.5 Å². The van der Waals surface area contributed by atoms with Crippen molar-refractivity contribution in [3.63, 3.8) is 0 Å². The minimum atomic E-state index is -0.417. The first-order valence-corrected chi connectivity index (χ1v) is 8.88. The molecule has 0 atom stereocenters. The number of nitrogens with zero attached hydrogens (tertiary/aromatic N) is 1. The van der Waals surface area contributed by atoms with Gasteiger partial charge in [0.1, 0.15) is 5.75 Å². The molecule has 0 heterocycles. The highest BCUT2D eigenvalue weighted by atomic mass is 79.9. The van der Waals surface area contributed by atoms with Crippen LogP contribution >= 0.6 is 15.9 Å². The summed E-state index contributed by atoms with van der Waals surface area (Å²) in [5.74, 6) is -0.00628. The molecule has 0 saturated heterocycles. The van der Waals surface area contributed by atoms with Gasteiger partial charge in [0, 0.05) is 15.6 Å². The van der Waals surface area contributed by atoms with Gasteiger partial charge >= 0.3 is 0 Å². The van der Waals surface area contributed by atoms with E-state index in [9.17, 15) is 9.59 Å². The van der Waals surface area contributed by atoms with Gasteiger partial charge in [-0.2, -0.15) is 5.10 Å². The molecule has 2 aromatic carbocycles. The first-order chi connectivity index (χ1) is 12.5. The molecule has 0 aliphatic carbocycles. The molecule has 26 heavy (non-hydrogen) atoms. The van der Waals surface area contributed by atoms with Gasteiger partial charge in [-0.25, -0.2) is 5.43 Å². The Morgan fingerprint density at radius 1 is 1.23 bits per heavy atom. The van der Waals surface area contributed by atoms with E-state index >= 15 is 0 Å². The van der Waals surface area contributed by atoms with E-state index in [1.54, 1.807) is 18.2 Å². The molecular formula is C19H20BrN3O3. The van der Waals surface area contributed by atoms with Crippen LogP contribution in [0.4, 0.5) is 0 Å². The van der Waals surface area contributed by atoms with E-state index in [0.717, 1.165) is 15.6 Å². The van der Waals surface area contributed by atoms with Crippen LogP contribution in [0.25, 0.3) is 0 Å². The zero-order valence-corrected chi connectivity index (χ0v) is 16.2. The molecule has 0 saturated carbocycles. The summed E-state index contributed by atoms with van der Waals surface area (Å²) in [5, 5.41) is 6.46. The molecule has 0 aliphatic heterocycles. The Kier molecular flexibility index (Phi) is 7.35. The van der Waals surface area contributed by atoms with Gasteiger partial charge in [0.2, 0.25) is 0 Å². The molecule has 0 aromatic heterocycles. The number of aryl methyl sites for hydroxylation is 1. The third-order valence-corrected chi connectivity index (χ3v) is 4.08. The second-order valence-corrected chi connectivity index (χ2v) is 6.32. The molecule has 2 aromatic rings. The second-order valence-electron chi connectivity index (χ2n) is 5.46. The Balaban J connectivity index is 1.86. The number of hydrogen-bond donors (Lipinski definition) is 2. The minimum absolute atomic E-state index is 0.162. The predicted molar refractivity (Wildman–Crippen MR) is 105 cm³/mol. The van der Waals surface area contributed by atoms with Crippen LogP contribution in [-0.2, 0) is 4.79 Å². The Morgan fingerprint density at radius 3 is 2.77 bits per heavy atom. The Labute approximate surface area is 160 Å². The highest BCUT2D eigenvalue weighted by Crippen LogP contribution is 2.21. The lowest BCUT2D eigenvalue weighted by Gasteiger charge is -2.06. The molecule has 0 fully saturated rings. The zero-order valence-electron chi connectivity index (χ0n) is 14.6. The number of benzene rings is 2. The molecular weight excluding hydrogens is 398 g/mol. The molecule has 0 aliphatic rings.